The molecular formula is C13H24O6Si. The summed E-state index contributed by atoms with van der Waals surface area (Å²) >= 11 is 0. The summed E-state index contributed by atoms with van der Waals surface area (Å²) in [7, 11) is -3.06. The Labute approximate surface area is 121 Å². The van der Waals surface area contributed by atoms with Gasteiger partial charge in [0.25, 0.3) is 0 Å². The van der Waals surface area contributed by atoms with Gasteiger partial charge in [-0.1, -0.05) is 6.92 Å². The Balaban J connectivity index is 3.05. The Hall–Kier alpha value is -0.763. The number of carbonyl (C=O) groups is 2. The number of hydrogen-bond acceptors (Lipinski definition) is 6. The van der Waals surface area contributed by atoms with E-state index in [-0.39, 0.29) is 17.7 Å². The number of esters is 1. The summed E-state index contributed by atoms with van der Waals surface area (Å²) in [4.78, 5) is 23.3. The molecule has 0 amide bonds. The summed E-state index contributed by atoms with van der Waals surface area (Å²) in [6.07, 6.45) is -0.379. The van der Waals surface area contributed by atoms with Gasteiger partial charge in [-0.3, -0.25) is 9.59 Å². The maximum absolute atomic E-state index is 12.0. The Morgan fingerprint density at radius 3 is 1.90 bits per heavy atom. The Morgan fingerprint density at radius 1 is 1.10 bits per heavy atom. The molecule has 0 aromatic carbocycles. The molecule has 1 rings (SSSR count). The molecule has 6 nitrogen and oxygen atoms in total. The van der Waals surface area contributed by atoms with Crippen LogP contribution in [0, 0.1) is 0 Å². The standard InChI is InChI=1S/C13H24O6Si/c1-5-11(13-10(14)9-12(15)19-13)20(16-6-2,17-7-3)18-8-4/h11,13H,5-9H2,1-4H3. The van der Waals surface area contributed by atoms with E-state index in [0.717, 1.165) is 0 Å². The van der Waals surface area contributed by atoms with Crippen molar-refractivity contribution >= 4 is 20.6 Å². The molecule has 1 aliphatic heterocycles. The highest BCUT2D eigenvalue weighted by Gasteiger charge is 2.56. The van der Waals surface area contributed by atoms with Gasteiger partial charge < -0.3 is 18.0 Å². The van der Waals surface area contributed by atoms with Crippen LogP contribution in [-0.4, -0.2) is 46.5 Å². The van der Waals surface area contributed by atoms with Gasteiger partial charge in [-0.15, -0.1) is 0 Å². The predicted octanol–water partition coefficient (Wildman–Crippen LogP) is 1.70. The second-order valence-electron chi connectivity index (χ2n) is 4.47. The van der Waals surface area contributed by atoms with Crippen molar-refractivity contribution in [3.63, 3.8) is 0 Å². The van der Waals surface area contributed by atoms with Gasteiger partial charge in [-0.05, 0) is 27.2 Å². The second-order valence-corrected chi connectivity index (χ2v) is 7.29. The lowest BCUT2D eigenvalue weighted by Gasteiger charge is -2.36. The third kappa shape index (κ3) is 3.66. The van der Waals surface area contributed by atoms with Crippen molar-refractivity contribution in [2.75, 3.05) is 19.8 Å². The molecule has 0 spiro atoms. The van der Waals surface area contributed by atoms with Crippen LogP contribution in [-0.2, 0) is 27.6 Å². The molecule has 1 aliphatic rings. The highest BCUT2D eigenvalue weighted by Crippen LogP contribution is 2.36. The number of rotatable bonds is 9. The zero-order valence-corrected chi connectivity index (χ0v) is 13.6. The fourth-order valence-electron chi connectivity index (χ4n) is 2.50. The van der Waals surface area contributed by atoms with E-state index in [0.29, 0.717) is 26.2 Å². The third-order valence-corrected chi connectivity index (χ3v) is 6.88. The van der Waals surface area contributed by atoms with Gasteiger partial charge in [0.1, 0.15) is 6.42 Å². The molecule has 2 atom stereocenters. The average molecular weight is 304 g/mol. The van der Waals surface area contributed by atoms with Gasteiger partial charge in [-0.25, -0.2) is 0 Å². The van der Waals surface area contributed by atoms with E-state index in [2.05, 4.69) is 0 Å². The van der Waals surface area contributed by atoms with Crippen molar-refractivity contribution in [1.29, 1.82) is 0 Å². The summed E-state index contributed by atoms with van der Waals surface area (Å²) in [6.45, 7) is 8.77. The molecule has 0 saturated carbocycles. The van der Waals surface area contributed by atoms with Gasteiger partial charge in [0.05, 0.1) is 5.54 Å². The minimum absolute atomic E-state index is 0.171. The average Bonchev–Trinajstić information content (AvgIpc) is 2.70. The summed E-state index contributed by atoms with van der Waals surface area (Å²) in [5.41, 5.74) is -0.346. The molecule has 1 fully saturated rings. The number of cyclic esters (lactones) is 1. The molecule has 0 aromatic rings. The van der Waals surface area contributed by atoms with E-state index < -0.39 is 20.9 Å². The van der Waals surface area contributed by atoms with E-state index in [4.69, 9.17) is 18.0 Å². The topological polar surface area (TPSA) is 71.1 Å². The molecule has 0 aliphatic carbocycles. The summed E-state index contributed by atoms with van der Waals surface area (Å²) in [6, 6.07) is 0. The number of carbonyl (C=O) groups excluding carboxylic acids is 2. The first kappa shape index (κ1) is 17.3. The van der Waals surface area contributed by atoms with Gasteiger partial charge in [0.15, 0.2) is 11.9 Å². The highest BCUT2D eigenvalue weighted by atomic mass is 28.4. The molecule has 0 N–H and O–H groups in total. The highest BCUT2D eigenvalue weighted by molar-refractivity contribution is 6.63. The zero-order valence-electron chi connectivity index (χ0n) is 12.6. The van der Waals surface area contributed by atoms with E-state index >= 15 is 0 Å². The minimum atomic E-state index is -3.06. The molecule has 116 valence electrons. The number of ketones is 1. The zero-order chi connectivity index (χ0) is 15.2. The second kappa shape index (κ2) is 7.87. The lowest BCUT2D eigenvalue weighted by Crippen LogP contribution is -2.54. The predicted molar refractivity (Wildman–Crippen MR) is 74.2 cm³/mol. The van der Waals surface area contributed by atoms with Gasteiger partial charge in [-0.2, -0.15) is 0 Å². The SMILES string of the molecule is CCO[Si](OCC)(OCC)C(CC)C1OC(=O)CC1=O. The maximum atomic E-state index is 12.0. The Kier molecular flexibility index (Phi) is 6.80. The normalized spacial score (nSPS) is 21.1. The van der Waals surface area contributed by atoms with Crippen molar-refractivity contribution in [1.82, 2.24) is 0 Å². The van der Waals surface area contributed by atoms with Crippen LogP contribution >= 0.6 is 0 Å². The first-order valence-corrected chi connectivity index (χ1v) is 8.98. The van der Waals surface area contributed by atoms with Gasteiger partial charge >= 0.3 is 14.8 Å². The first-order valence-electron chi connectivity index (χ1n) is 7.18. The number of Topliss-reactive ketones (excluding diaryl/α,β-unsaturated/α-hetero) is 1. The first-order chi connectivity index (χ1) is 9.54. The van der Waals surface area contributed by atoms with E-state index in [1.807, 2.05) is 27.7 Å². The molecule has 0 aromatic heterocycles. The lowest BCUT2D eigenvalue weighted by atomic mass is 10.1. The van der Waals surface area contributed by atoms with Crippen molar-refractivity contribution in [2.24, 2.45) is 0 Å². The van der Waals surface area contributed by atoms with Gasteiger partial charge in [0, 0.05) is 19.8 Å². The largest absolute Gasteiger partial charge is 0.508 e. The van der Waals surface area contributed by atoms with Crippen LogP contribution in [0.3, 0.4) is 0 Å². The number of ether oxygens (including phenoxy) is 1. The molecule has 0 bridgehead atoms. The molecular weight excluding hydrogens is 280 g/mol. The molecule has 1 heterocycles. The monoisotopic (exact) mass is 304 g/mol. The van der Waals surface area contributed by atoms with Crippen LogP contribution in [0.25, 0.3) is 0 Å². The summed E-state index contributed by atoms with van der Waals surface area (Å²) in [5.74, 6) is -0.691. The maximum Gasteiger partial charge on any atom is 0.508 e. The van der Waals surface area contributed by atoms with Crippen molar-refractivity contribution < 1.29 is 27.6 Å². The van der Waals surface area contributed by atoms with E-state index in [9.17, 15) is 9.59 Å². The van der Waals surface area contributed by atoms with Crippen molar-refractivity contribution in [3.8, 4) is 0 Å². The summed E-state index contributed by atoms with van der Waals surface area (Å²) in [5, 5.41) is 0. The lowest BCUT2D eigenvalue weighted by molar-refractivity contribution is -0.143. The smallest absolute Gasteiger partial charge is 0.454 e. The van der Waals surface area contributed by atoms with Crippen LogP contribution in [0.1, 0.15) is 40.5 Å². The van der Waals surface area contributed by atoms with Crippen LogP contribution < -0.4 is 0 Å². The minimum Gasteiger partial charge on any atom is -0.454 e. The fourth-order valence-corrected chi connectivity index (χ4v) is 5.72. The van der Waals surface area contributed by atoms with Crippen LogP contribution in [0.15, 0.2) is 0 Å². The molecule has 0 radical (unpaired) electrons. The molecule has 7 heteroatoms. The van der Waals surface area contributed by atoms with Crippen LogP contribution in [0.2, 0.25) is 5.54 Å². The molecule has 20 heavy (non-hydrogen) atoms. The fraction of sp³-hybridized carbons (Fsp3) is 0.846. The Morgan fingerprint density at radius 2 is 1.60 bits per heavy atom. The van der Waals surface area contributed by atoms with Crippen molar-refractivity contribution in [3.05, 3.63) is 0 Å². The Bertz CT molecular complexity index is 329. The van der Waals surface area contributed by atoms with Crippen LogP contribution in [0.5, 0.6) is 0 Å². The van der Waals surface area contributed by atoms with E-state index in [1.165, 1.54) is 0 Å². The summed E-state index contributed by atoms with van der Waals surface area (Å²) < 4.78 is 22.6. The number of hydrogen-bond donors (Lipinski definition) is 0. The van der Waals surface area contributed by atoms with Crippen molar-refractivity contribution in [2.45, 2.75) is 52.2 Å². The molecule has 1 saturated heterocycles. The van der Waals surface area contributed by atoms with E-state index in [1.54, 1.807) is 0 Å². The van der Waals surface area contributed by atoms with Gasteiger partial charge in [0.2, 0.25) is 0 Å². The van der Waals surface area contributed by atoms with Crippen LogP contribution in [0.4, 0.5) is 0 Å². The third-order valence-electron chi connectivity index (χ3n) is 3.19. The quantitative estimate of drug-likeness (QED) is 0.367. The molecule has 2 unspecified atom stereocenters.